The fourth-order valence-corrected chi connectivity index (χ4v) is 2.59. The highest BCUT2D eigenvalue weighted by atomic mass is 16.3. The monoisotopic (exact) mass is 273 g/mol. The summed E-state index contributed by atoms with van der Waals surface area (Å²) >= 11 is 0. The van der Waals surface area contributed by atoms with Crippen molar-refractivity contribution in [1.82, 2.24) is 4.98 Å². The van der Waals surface area contributed by atoms with Crippen LogP contribution in [0.5, 0.6) is 0 Å². The third-order valence-electron chi connectivity index (χ3n) is 3.64. The van der Waals surface area contributed by atoms with Gasteiger partial charge in [0.05, 0.1) is 10.9 Å². The van der Waals surface area contributed by atoms with Gasteiger partial charge < -0.3 is 4.42 Å². The van der Waals surface area contributed by atoms with Crippen LogP contribution >= 0.6 is 0 Å². The van der Waals surface area contributed by atoms with E-state index in [9.17, 15) is 4.79 Å². The van der Waals surface area contributed by atoms with Gasteiger partial charge in [0, 0.05) is 23.3 Å². The van der Waals surface area contributed by atoms with Crippen LogP contribution in [-0.2, 0) is 0 Å². The highest BCUT2D eigenvalue weighted by Crippen LogP contribution is 2.26. The molecule has 0 aliphatic heterocycles. The Bertz CT molecular complexity index is 1010. The summed E-state index contributed by atoms with van der Waals surface area (Å²) in [6.07, 6.45) is 5.03. The van der Waals surface area contributed by atoms with E-state index in [-0.39, 0.29) is 5.43 Å². The summed E-state index contributed by atoms with van der Waals surface area (Å²) < 4.78 is 5.60. The standard InChI is InChI=1S/C18H11NO2/c20-18-14-7-3-4-8-17(14)21-11-16(18)15-10-19-9-12-5-1-2-6-13(12)15/h1-11H. The van der Waals surface area contributed by atoms with Crippen LogP contribution in [0.3, 0.4) is 0 Å². The Morgan fingerprint density at radius 2 is 1.57 bits per heavy atom. The van der Waals surface area contributed by atoms with Crippen LogP contribution in [0, 0.1) is 0 Å². The van der Waals surface area contributed by atoms with Gasteiger partial charge in [0.15, 0.2) is 0 Å². The van der Waals surface area contributed by atoms with E-state index in [2.05, 4.69) is 4.98 Å². The van der Waals surface area contributed by atoms with Crippen LogP contribution in [-0.4, -0.2) is 4.98 Å². The second-order valence-electron chi connectivity index (χ2n) is 4.88. The van der Waals surface area contributed by atoms with Crippen molar-refractivity contribution in [2.45, 2.75) is 0 Å². The number of hydrogen-bond acceptors (Lipinski definition) is 3. The summed E-state index contributed by atoms with van der Waals surface area (Å²) in [5.74, 6) is 0. The third kappa shape index (κ3) is 1.82. The maximum Gasteiger partial charge on any atom is 0.200 e. The van der Waals surface area contributed by atoms with Crippen molar-refractivity contribution in [3.63, 3.8) is 0 Å². The van der Waals surface area contributed by atoms with Gasteiger partial charge >= 0.3 is 0 Å². The molecule has 21 heavy (non-hydrogen) atoms. The van der Waals surface area contributed by atoms with Crippen molar-refractivity contribution in [2.24, 2.45) is 0 Å². The Morgan fingerprint density at radius 3 is 2.48 bits per heavy atom. The van der Waals surface area contributed by atoms with Gasteiger partial charge in [-0.05, 0) is 17.5 Å². The lowest BCUT2D eigenvalue weighted by molar-refractivity contribution is 0.604. The molecular formula is C18H11NO2. The van der Waals surface area contributed by atoms with Gasteiger partial charge in [-0.3, -0.25) is 9.78 Å². The fourth-order valence-electron chi connectivity index (χ4n) is 2.59. The first-order chi connectivity index (χ1) is 10.3. The van der Waals surface area contributed by atoms with Crippen LogP contribution in [0.25, 0.3) is 32.9 Å². The van der Waals surface area contributed by atoms with Crippen molar-refractivity contribution in [1.29, 1.82) is 0 Å². The predicted molar refractivity (Wildman–Crippen MR) is 83.2 cm³/mol. The van der Waals surface area contributed by atoms with Gasteiger partial charge in [-0.25, -0.2) is 0 Å². The molecular weight excluding hydrogens is 262 g/mol. The molecule has 0 aliphatic rings. The zero-order chi connectivity index (χ0) is 14.2. The largest absolute Gasteiger partial charge is 0.463 e. The second kappa shape index (κ2) is 4.56. The average molecular weight is 273 g/mol. The molecule has 0 radical (unpaired) electrons. The predicted octanol–water partition coefficient (Wildman–Crippen LogP) is 4.01. The minimum Gasteiger partial charge on any atom is -0.463 e. The van der Waals surface area contributed by atoms with E-state index in [1.807, 2.05) is 36.4 Å². The lowest BCUT2D eigenvalue weighted by atomic mass is 10.0. The minimum absolute atomic E-state index is 0.0324. The first kappa shape index (κ1) is 11.9. The number of hydrogen-bond donors (Lipinski definition) is 0. The summed E-state index contributed by atoms with van der Waals surface area (Å²) in [5, 5.41) is 2.58. The molecule has 4 aromatic rings. The molecule has 0 atom stereocenters. The van der Waals surface area contributed by atoms with Crippen LogP contribution in [0.2, 0.25) is 0 Å². The van der Waals surface area contributed by atoms with E-state index in [1.165, 1.54) is 6.26 Å². The molecule has 4 rings (SSSR count). The Balaban J connectivity index is 2.10. The second-order valence-corrected chi connectivity index (χ2v) is 4.88. The Hall–Kier alpha value is -2.94. The van der Waals surface area contributed by atoms with Gasteiger partial charge in [-0.15, -0.1) is 0 Å². The van der Waals surface area contributed by atoms with Crippen LogP contribution in [0.1, 0.15) is 0 Å². The number of fused-ring (bicyclic) bond motifs is 2. The quantitative estimate of drug-likeness (QED) is 0.526. The maximum atomic E-state index is 12.7. The van der Waals surface area contributed by atoms with E-state index in [0.717, 1.165) is 16.3 Å². The number of pyridine rings is 1. The molecule has 3 heteroatoms. The molecule has 0 N–H and O–H groups in total. The molecule has 0 bridgehead atoms. The first-order valence-corrected chi connectivity index (χ1v) is 6.68. The van der Waals surface area contributed by atoms with Crippen LogP contribution < -0.4 is 5.43 Å². The summed E-state index contributed by atoms with van der Waals surface area (Å²) in [4.78, 5) is 16.9. The van der Waals surface area contributed by atoms with Gasteiger partial charge in [-0.2, -0.15) is 0 Å². The lowest BCUT2D eigenvalue weighted by Crippen LogP contribution is -2.05. The molecule has 0 fully saturated rings. The topological polar surface area (TPSA) is 43.1 Å². The summed E-state index contributed by atoms with van der Waals surface area (Å²) in [6.45, 7) is 0. The Labute approximate surface area is 120 Å². The van der Waals surface area contributed by atoms with Gasteiger partial charge in [0.25, 0.3) is 0 Å². The van der Waals surface area contributed by atoms with E-state index in [4.69, 9.17) is 4.42 Å². The van der Waals surface area contributed by atoms with Crippen molar-refractivity contribution < 1.29 is 4.42 Å². The normalized spacial score (nSPS) is 11.0. The summed E-state index contributed by atoms with van der Waals surface area (Å²) in [7, 11) is 0. The van der Waals surface area contributed by atoms with E-state index >= 15 is 0 Å². The Morgan fingerprint density at radius 1 is 0.810 bits per heavy atom. The first-order valence-electron chi connectivity index (χ1n) is 6.68. The van der Waals surface area contributed by atoms with Crippen molar-refractivity contribution >= 4 is 21.7 Å². The molecule has 2 heterocycles. The summed E-state index contributed by atoms with van der Waals surface area (Å²) in [5.41, 5.74) is 1.90. The molecule has 100 valence electrons. The molecule has 0 unspecified atom stereocenters. The van der Waals surface area contributed by atoms with Gasteiger partial charge in [0.1, 0.15) is 11.8 Å². The number of aromatic nitrogens is 1. The maximum absolute atomic E-state index is 12.7. The molecule has 0 saturated carbocycles. The molecule has 0 amide bonds. The average Bonchev–Trinajstić information content (AvgIpc) is 2.55. The molecule has 3 nitrogen and oxygen atoms in total. The van der Waals surface area contributed by atoms with Crippen LogP contribution in [0.15, 0.2) is 76.4 Å². The van der Waals surface area contributed by atoms with Gasteiger partial charge in [0.2, 0.25) is 5.43 Å². The number of para-hydroxylation sites is 1. The highest BCUT2D eigenvalue weighted by molar-refractivity contribution is 5.96. The zero-order valence-corrected chi connectivity index (χ0v) is 11.1. The third-order valence-corrected chi connectivity index (χ3v) is 3.64. The van der Waals surface area contributed by atoms with Crippen molar-refractivity contribution in [3.8, 4) is 11.1 Å². The molecule has 0 saturated heterocycles. The number of nitrogens with zero attached hydrogens (tertiary/aromatic N) is 1. The van der Waals surface area contributed by atoms with Crippen molar-refractivity contribution in [3.05, 3.63) is 77.4 Å². The van der Waals surface area contributed by atoms with E-state index in [1.54, 1.807) is 24.5 Å². The molecule has 0 spiro atoms. The smallest absolute Gasteiger partial charge is 0.200 e. The van der Waals surface area contributed by atoms with Crippen LogP contribution in [0.4, 0.5) is 0 Å². The molecule has 2 aromatic carbocycles. The zero-order valence-electron chi connectivity index (χ0n) is 11.1. The minimum atomic E-state index is -0.0324. The summed E-state index contributed by atoms with van der Waals surface area (Å²) in [6, 6.07) is 15.1. The van der Waals surface area contributed by atoms with Crippen molar-refractivity contribution in [2.75, 3.05) is 0 Å². The SMILES string of the molecule is O=c1c(-c2cncc3ccccc23)coc2ccccc12. The van der Waals surface area contributed by atoms with E-state index < -0.39 is 0 Å². The lowest BCUT2D eigenvalue weighted by Gasteiger charge is -2.06. The highest BCUT2D eigenvalue weighted by Gasteiger charge is 2.11. The fraction of sp³-hybridized carbons (Fsp3) is 0. The van der Waals surface area contributed by atoms with Gasteiger partial charge in [-0.1, -0.05) is 36.4 Å². The molecule has 2 aromatic heterocycles. The Kier molecular flexibility index (Phi) is 2.57. The number of rotatable bonds is 1. The van der Waals surface area contributed by atoms with E-state index in [0.29, 0.717) is 16.5 Å². The molecule has 0 aliphatic carbocycles. The number of benzene rings is 2.